The molecule has 2 aromatic carbocycles. The van der Waals surface area contributed by atoms with Crippen LogP contribution in [-0.2, 0) is 4.79 Å². The molecule has 130 valence electrons. The molecule has 0 saturated carbocycles. The van der Waals surface area contributed by atoms with Gasteiger partial charge in [0.15, 0.2) is 0 Å². The van der Waals surface area contributed by atoms with Crippen LogP contribution >= 0.6 is 0 Å². The molecule has 3 amide bonds. The molecule has 0 aromatic heterocycles. The van der Waals surface area contributed by atoms with Gasteiger partial charge in [-0.2, -0.15) is 0 Å². The van der Waals surface area contributed by atoms with E-state index in [2.05, 4.69) is 10.6 Å². The molecule has 1 saturated heterocycles. The molecule has 2 aromatic rings. The van der Waals surface area contributed by atoms with E-state index in [1.807, 2.05) is 0 Å². The number of rotatable bonds is 4. The Bertz CT molecular complexity index is 810. The predicted molar refractivity (Wildman–Crippen MR) is 93.6 cm³/mol. The quantitative estimate of drug-likeness (QED) is 0.891. The van der Waals surface area contributed by atoms with Gasteiger partial charge in [-0.1, -0.05) is 12.1 Å². The number of hydrogen-bond donors (Lipinski definition) is 2. The topological polar surface area (TPSA) is 70.7 Å². The summed E-state index contributed by atoms with van der Waals surface area (Å²) < 4.78 is 18.9. The number of benzene rings is 2. The van der Waals surface area contributed by atoms with E-state index in [1.54, 1.807) is 35.2 Å². The minimum absolute atomic E-state index is 0.0521. The zero-order chi connectivity index (χ0) is 17.8. The number of para-hydroxylation sites is 1. The van der Waals surface area contributed by atoms with Crippen LogP contribution in [0.1, 0.15) is 12.8 Å². The molecule has 1 fully saturated rings. The van der Waals surface area contributed by atoms with Crippen molar-refractivity contribution in [3.63, 3.8) is 0 Å². The third-order valence-corrected chi connectivity index (χ3v) is 3.92. The van der Waals surface area contributed by atoms with Gasteiger partial charge in [0, 0.05) is 24.7 Å². The van der Waals surface area contributed by atoms with Gasteiger partial charge < -0.3 is 20.3 Å². The molecule has 2 N–H and O–H groups in total. The molecule has 6 nitrogen and oxygen atoms in total. The molecular formula is C18H18FN3O3. The van der Waals surface area contributed by atoms with Gasteiger partial charge in [0.05, 0.1) is 18.5 Å². The van der Waals surface area contributed by atoms with E-state index in [0.29, 0.717) is 30.1 Å². The first-order chi connectivity index (χ1) is 12.1. The Labute approximate surface area is 144 Å². The minimum Gasteiger partial charge on any atom is -0.494 e. The number of methoxy groups -OCH3 is 1. The summed E-state index contributed by atoms with van der Waals surface area (Å²) >= 11 is 0. The SMILES string of the molecule is COc1cc(NC(=O)Nc2ccccc2F)ccc1N1CCCC1=O. The molecule has 1 heterocycles. The van der Waals surface area contributed by atoms with Crippen LogP contribution in [0, 0.1) is 5.82 Å². The molecule has 0 radical (unpaired) electrons. The summed E-state index contributed by atoms with van der Waals surface area (Å²) in [5.41, 5.74) is 1.23. The van der Waals surface area contributed by atoms with Gasteiger partial charge in [0.2, 0.25) is 5.91 Å². The standard InChI is InChI=1S/C18H18FN3O3/c1-25-16-11-12(8-9-15(16)22-10-4-7-17(22)23)20-18(24)21-14-6-3-2-5-13(14)19/h2-3,5-6,8-9,11H,4,7,10H2,1H3,(H2,20,21,24). The lowest BCUT2D eigenvalue weighted by Gasteiger charge is -2.19. The average molecular weight is 343 g/mol. The molecule has 0 atom stereocenters. The molecular weight excluding hydrogens is 325 g/mol. The summed E-state index contributed by atoms with van der Waals surface area (Å²) in [5, 5.41) is 5.06. The molecule has 0 unspecified atom stereocenters. The average Bonchev–Trinajstić information content (AvgIpc) is 3.02. The smallest absolute Gasteiger partial charge is 0.323 e. The highest BCUT2D eigenvalue weighted by Gasteiger charge is 2.24. The lowest BCUT2D eigenvalue weighted by molar-refractivity contribution is -0.117. The predicted octanol–water partition coefficient (Wildman–Crippen LogP) is 3.61. The zero-order valence-electron chi connectivity index (χ0n) is 13.7. The Balaban J connectivity index is 1.73. The largest absolute Gasteiger partial charge is 0.494 e. The molecule has 7 heteroatoms. The van der Waals surface area contributed by atoms with E-state index in [4.69, 9.17) is 4.74 Å². The molecule has 1 aliphatic heterocycles. The molecule has 0 spiro atoms. The highest BCUT2D eigenvalue weighted by atomic mass is 19.1. The first-order valence-electron chi connectivity index (χ1n) is 7.89. The van der Waals surface area contributed by atoms with Crippen molar-refractivity contribution in [2.75, 3.05) is 29.2 Å². The van der Waals surface area contributed by atoms with E-state index in [1.165, 1.54) is 19.2 Å². The van der Waals surface area contributed by atoms with Crippen molar-refractivity contribution in [1.29, 1.82) is 0 Å². The van der Waals surface area contributed by atoms with Crippen LogP contribution in [0.3, 0.4) is 0 Å². The summed E-state index contributed by atoms with van der Waals surface area (Å²) in [6.07, 6.45) is 1.33. The van der Waals surface area contributed by atoms with E-state index in [0.717, 1.165) is 6.42 Å². The highest BCUT2D eigenvalue weighted by molar-refractivity contribution is 6.01. The molecule has 0 aliphatic carbocycles. The fourth-order valence-corrected chi connectivity index (χ4v) is 2.73. The second-order valence-electron chi connectivity index (χ2n) is 5.59. The van der Waals surface area contributed by atoms with E-state index >= 15 is 0 Å². The number of nitrogens with zero attached hydrogens (tertiary/aromatic N) is 1. The second kappa shape index (κ2) is 7.21. The van der Waals surface area contributed by atoms with Crippen LogP contribution in [0.4, 0.5) is 26.2 Å². The maximum atomic E-state index is 13.6. The minimum atomic E-state index is -0.572. The number of halogens is 1. The van der Waals surface area contributed by atoms with Crippen LogP contribution in [0.25, 0.3) is 0 Å². The van der Waals surface area contributed by atoms with Crippen molar-refractivity contribution < 1.29 is 18.7 Å². The Kier molecular flexibility index (Phi) is 4.83. The van der Waals surface area contributed by atoms with Gasteiger partial charge >= 0.3 is 6.03 Å². The van der Waals surface area contributed by atoms with Crippen molar-refractivity contribution in [2.24, 2.45) is 0 Å². The number of carbonyl (C=O) groups excluding carboxylic acids is 2. The van der Waals surface area contributed by atoms with E-state index in [9.17, 15) is 14.0 Å². The van der Waals surface area contributed by atoms with E-state index in [-0.39, 0.29) is 11.6 Å². The number of ether oxygens (including phenoxy) is 1. The maximum absolute atomic E-state index is 13.6. The number of anilines is 3. The zero-order valence-corrected chi connectivity index (χ0v) is 13.7. The van der Waals surface area contributed by atoms with Gasteiger partial charge in [0.1, 0.15) is 11.6 Å². The lowest BCUT2D eigenvalue weighted by atomic mass is 10.2. The van der Waals surface area contributed by atoms with Gasteiger partial charge in [-0.05, 0) is 30.7 Å². The normalized spacial score (nSPS) is 13.7. The third kappa shape index (κ3) is 3.71. The summed E-state index contributed by atoms with van der Waals surface area (Å²) in [6.45, 7) is 0.649. The van der Waals surface area contributed by atoms with Crippen molar-refractivity contribution in [3.8, 4) is 5.75 Å². The summed E-state index contributed by atoms with van der Waals surface area (Å²) in [6, 6.07) is 10.4. The van der Waals surface area contributed by atoms with Crippen molar-refractivity contribution in [2.45, 2.75) is 12.8 Å². The summed E-state index contributed by atoms with van der Waals surface area (Å²) in [7, 11) is 1.50. The van der Waals surface area contributed by atoms with Crippen molar-refractivity contribution in [1.82, 2.24) is 0 Å². The monoisotopic (exact) mass is 343 g/mol. The maximum Gasteiger partial charge on any atom is 0.323 e. The third-order valence-electron chi connectivity index (χ3n) is 3.92. The van der Waals surface area contributed by atoms with Crippen LogP contribution < -0.4 is 20.3 Å². The molecule has 3 rings (SSSR count). The molecule has 0 bridgehead atoms. The van der Waals surface area contributed by atoms with Crippen LogP contribution in [0.2, 0.25) is 0 Å². The fourth-order valence-electron chi connectivity index (χ4n) is 2.73. The van der Waals surface area contributed by atoms with Gasteiger partial charge in [-0.25, -0.2) is 9.18 Å². The van der Waals surface area contributed by atoms with Crippen LogP contribution in [0.5, 0.6) is 5.75 Å². The second-order valence-corrected chi connectivity index (χ2v) is 5.59. The van der Waals surface area contributed by atoms with Crippen LogP contribution in [-0.4, -0.2) is 25.6 Å². The Morgan fingerprint density at radius 2 is 2.00 bits per heavy atom. The number of carbonyl (C=O) groups is 2. The first-order valence-corrected chi connectivity index (χ1v) is 7.89. The van der Waals surface area contributed by atoms with Gasteiger partial charge in [0.25, 0.3) is 0 Å². The van der Waals surface area contributed by atoms with Crippen molar-refractivity contribution >= 4 is 29.0 Å². The van der Waals surface area contributed by atoms with E-state index < -0.39 is 11.8 Å². The molecule has 1 aliphatic rings. The highest BCUT2D eigenvalue weighted by Crippen LogP contribution is 2.33. The van der Waals surface area contributed by atoms with Crippen molar-refractivity contribution in [3.05, 3.63) is 48.3 Å². The number of amides is 3. The molecule has 25 heavy (non-hydrogen) atoms. The fraction of sp³-hybridized carbons (Fsp3) is 0.222. The van der Waals surface area contributed by atoms with Crippen LogP contribution in [0.15, 0.2) is 42.5 Å². The number of urea groups is 1. The Morgan fingerprint density at radius 1 is 1.20 bits per heavy atom. The van der Waals surface area contributed by atoms with Gasteiger partial charge in [-0.3, -0.25) is 4.79 Å². The summed E-state index contributed by atoms with van der Waals surface area (Å²) in [5.74, 6) is 0.0216. The first kappa shape index (κ1) is 16.8. The Hall–Kier alpha value is -3.09. The number of hydrogen-bond acceptors (Lipinski definition) is 3. The lowest BCUT2D eigenvalue weighted by Crippen LogP contribution is -2.24. The Morgan fingerprint density at radius 3 is 2.68 bits per heavy atom. The summed E-state index contributed by atoms with van der Waals surface area (Å²) in [4.78, 5) is 25.6. The number of nitrogens with one attached hydrogen (secondary N) is 2. The van der Waals surface area contributed by atoms with Gasteiger partial charge in [-0.15, -0.1) is 0 Å².